The summed E-state index contributed by atoms with van der Waals surface area (Å²) in [6, 6.07) is 4.17. The zero-order valence-electron chi connectivity index (χ0n) is 17.4. The third-order valence-corrected chi connectivity index (χ3v) is 8.19. The number of anilines is 1. The highest BCUT2D eigenvalue weighted by molar-refractivity contribution is 8.07. The molecule has 15 heteroatoms. The number of aromatic nitrogens is 4. The highest BCUT2D eigenvalue weighted by Crippen LogP contribution is 2.58. The number of halogens is 2. The lowest BCUT2D eigenvalue weighted by Gasteiger charge is -2.32. The predicted octanol–water partition coefficient (Wildman–Crippen LogP) is 2.24. The van der Waals surface area contributed by atoms with E-state index in [-0.39, 0.29) is 24.6 Å². The lowest BCUT2D eigenvalue weighted by molar-refractivity contribution is -0.0533. The molecule has 34 heavy (non-hydrogen) atoms. The summed E-state index contributed by atoms with van der Waals surface area (Å²) in [5.74, 6) is -0.304. The summed E-state index contributed by atoms with van der Waals surface area (Å²) in [4.78, 5) is 12.1. The molecule has 0 aliphatic carbocycles. The van der Waals surface area contributed by atoms with E-state index >= 15 is 0 Å². The van der Waals surface area contributed by atoms with Crippen LogP contribution >= 0.6 is 18.3 Å². The first-order chi connectivity index (χ1) is 16.3. The van der Waals surface area contributed by atoms with Crippen molar-refractivity contribution in [2.75, 3.05) is 18.9 Å². The molecule has 2 fully saturated rings. The molecule has 2 saturated heterocycles. The topological polar surface area (TPSA) is 147 Å². The Bertz CT molecular complexity index is 1270. The van der Waals surface area contributed by atoms with Crippen LogP contribution < -0.4 is 5.73 Å². The van der Waals surface area contributed by atoms with Crippen molar-refractivity contribution in [3.63, 3.8) is 0 Å². The van der Waals surface area contributed by atoms with Gasteiger partial charge in [-0.25, -0.2) is 19.3 Å². The summed E-state index contributed by atoms with van der Waals surface area (Å²) in [5.41, 5.74) is 6.74. The van der Waals surface area contributed by atoms with Crippen LogP contribution in [0.4, 0.5) is 10.2 Å². The standard InChI is InChI=1S/C19H20ClFN5O6PS/c20-9-1-2-11(21)10(5-9)12-3-4-29-33(34,32-12)30-6-13-15(27)16(28)19(31-13)26-8-25-14-17(22)23-7-24-18(14)26/h1-2,5,7-8,12-13,15-16,19,27-28H,3-4,6H2,(H2,22,23,24)/t12?,13-,15?,16+,19-,33?/m1/s1. The van der Waals surface area contributed by atoms with E-state index < -0.39 is 43.2 Å². The van der Waals surface area contributed by atoms with Gasteiger partial charge >= 0.3 is 6.72 Å². The van der Waals surface area contributed by atoms with Gasteiger partial charge in [0.05, 0.1) is 25.6 Å². The normalized spacial score (nSPS) is 31.8. The van der Waals surface area contributed by atoms with Gasteiger partial charge in [-0.1, -0.05) is 11.6 Å². The van der Waals surface area contributed by atoms with Gasteiger partial charge in [-0.05, 0) is 30.0 Å². The fraction of sp³-hybridized carbons (Fsp3) is 0.421. The Kier molecular flexibility index (Phi) is 6.57. The summed E-state index contributed by atoms with van der Waals surface area (Å²) >= 11 is 11.4. The fourth-order valence-electron chi connectivity index (χ4n) is 3.87. The maximum Gasteiger partial charge on any atom is 0.327 e. The SMILES string of the molecule is Nc1ncnc2c1ncn2[C@@H]1O[C@H](COP2(=S)OCCC(c3cc(Cl)ccc3F)O2)C(O)[C@@H]1O. The first-order valence-corrected chi connectivity index (χ1v) is 13.2. The zero-order chi connectivity index (χ0) is 24.0. The second-order valence-electron chi connectivity index (χ2n) is 7.75. The number of hydrogen-bond acceptors (Lipinski definition) is 11. The van der Waals surface area contributed by atoms with Crippen LogP contribution in [0, 0.1) is 5.82 Å². The molecule has 2 aliphatic rings. The largest absolute Gasteiger partial charge is 0.387 e. The molecule has 0 saturated carbocycles. The van der Waals surface area contributed by atoms with Crippen LogP contribution in [0.25, 0.3) is 11.2 Å². The van der Waals surface area contributed by atoms with Crippen LogP contribution in [0.2, 0.25) is 5.02 Å². The summed E-state index contributed by atoms with van der Waals surface area (Å²) in [5, 5.41) is 21.5. The first kappa shape index (κ1) is 23.9. The molecule has 0 spiro atoms. The summed E-state index contributed by atoms with van der Waals surface area (Å²) in [6.07, 6.45) is -2.29. The first-order valence-electron chi connectivity index (χ1n) is 10.2. The number of hydrogen-bond donors (Lipinski definition) is 3. The van der Waals surface area contributed by atoms with E-state index in [1.54, 1.807) is 0 Å². The second kappa shape index (κ2) is 9.34. The third-order valence-electron chi connectivity index (χ3n) is 5.59. The fourth-order valence-corrected chi connectivity index (χ4v) is 6.15. The van der Waals surface area contributed by atoms with Gasteiger partial charge in [0.25, 0.3) is 0 Å². The van der Waals surface area contributed by atoms with Crippen molar-refractivity contribution in [2.45, 2.75) is 37.1 Å². The molecule has 4 N–H and O–H groups in total. The third kappa shape index (κ3) is 4.43. The molecule has 2 aliphatic heterocycles. The molecule has 3 aromatic rings. The molecule has 2 aromatic heterocycles. The van der Waals surface area contributed by atoms with Gasteiger partial charge < -0.3 is 34.3 Å². The summed E-state index contributed by atoms with van der Waals surface area (Å²) in [7, 11) is 0. The number of nitrogen functional groups attached to an aromatic ring is 1. The molecule has 11 nitrogen and oxygen atoms in total. The van der Waals surface area contributed by atoms with E-state index in [4.69, 9.17) is 47.4 Å². The lowest BCUT2D eigenvalue weighted by Crippen LogP contribution is -2.34. The number of aliphatic hydroxyl groups excluding tert-OH is 2. The van der Waals surface area contributed by atoms with Crippen molar-refractivity contribution in [3.05, 3.63) is 47.3 Å². The average molecular weight is 532 g/mol. The smallest absolute Gasteiger partial charge is 0.327 e. The van der Waals surface area contributed by atoms with Crippen LogP contribution in [0.5, 0.6) is 0 Å². The van der Waals surface area contributed by atoms with Gasteiger partial charge in [0, 0.05) is 17.0 Å². The van der Waals surface area contributed by atoms with E-state index in [2.05, 4.69) is 15.0 Å². The van der Waals surface area contributed by atoms with Crippen molar-refractivity contribution in [2.24, 2.45) is 0 Å². The van der Waals surface area contributed by atoms with Crippen molar-refractivity contribution < 1.29 is 32.9 Å². The molecule has 5 rings (SSSR count). The molecular formula is C19H20ClFN5O6PS. The molecule has 6 atom stereocenters. The van der Waals surface area contributed by atoms with Gasteiger partial charge in [-0.2, -0.15) is 0 Å². The summed E-state index contributed by atoms with van der Waals surface area (Å²) in [6.45, 7) is -3.35. The molecular weight excluding hydrogens is 512 g/mol. The van der Waals surface area contributed by atoms with E-state index in [0.717, 1.165) is 0 Å². The Morgan fingerprint density at radius 3 is 2.94 bits per heavy atom. The van der Waals surface area contributed by atoms with Gasteiger partial charge in [0.2, 0.25) is 0 Å². The Labute approximate surface area is 202 Å². The van der Waals surface area contributed by atoms with Crippen LogP contribution in [0.1, 0.15) is 24.3 Å². The van der Waals surface area contributed by atoms with Gasteiger partial charge in [-0.15, -0.1) is 0 Å². The average Bonchev–Trinajstić information content (AvgIpc) is 3.36. The van der Waals surface area contributed by atoms with Crippen LogP contribution in [0.15, 0.2) is 30.9 Å². The van der Waals surface area contributed by atoms with Gasteiger partial charge in [0.1, 0.15) is 36.0 Å². The molecule has 3 unspecified atom stereocenters. The predicted molar refractivity (Wildman–Crippen MR) is 122 cm³/mol. The summed E-state index contributed by atoms with van der Waals surface area (Å²) < 4.78 is 38.7. The van der Waals surface area contributed by atoms with E-state index in [0.29, 0.717) is 22.6 Å². The minimum Gasteiger partial charge on any atom is -0.387 e. The number of nitrogens with zero attached hydrogens (tertiary/aromatic N) is 4. The Morgan fingerprint density at radius 1 is 1.29 bits per heavy atom. The Balaban J connectivity index is 1.28. The minimum atomic E-state index is -3.30. The van der Waals surface area contributed by atoms with Gasteiger partial charge in [0.15, 0.2) is 17.7 Å². The maximum absolute atomic E-state index is 14.3. The van der Waals surface area contributed by atoms with E-state index in [9.17, 15) is 14.6 Å². The molecule has 0 amide bonds. The highest BCUT2D eigenvalue weighted by atomic mass is 35.5. The lowest BCUT2D eigenvalue weighted by atomic mass is 10.1. The highest BCUT2D eigenvalue weighted by Gasteiger charge is 2.45. The van der Waals surface area contributed by atoms with Crippen LogP contribution in [-0.4, -0.2) is 61.3 Å². The number of aliphatic hydroxyl groups is 2. The van der Waals surface area contributed by atoms with Crippen molar-refractivity contribution >= 4 is 47.1 Å². The maximum atomic E-state index is 14.3. The second-order valence-corrected chi connectivity index (χ2v) is 11.2. The quantitative estimate of drug-likeness (QED) is 0.416. The molecule has 4 heterocycles. The zero-order valence-corrected chi connectivity index (χ0v) is 19.9. The number of benzene rings is 1. The molecule has 1 aromatic carbocycles. The molecule has 0 bridgehead atoms. The minimum absolute atomic E-state index is 0.173. The number of ether oxygens (including phenoxy) is 1. The number of imidazole rings is 1. The molecule has 182 valence electrons. The van der Waals surface area contributed by atoms with Crippen LogP contribution in [0.3, 0.4) is 0 Å². The Hall–Kier alpha value is -1.80. The van der Waals surface area contributed by atoms with Gasteiger partial charge in [-0.3, -0.25) is 4.57 Å². The van der Waals surface area contributed by atoms with E-state index in [1.807, 2.05) is 0 Å². The van der Waals surface area contributed by atoms with Crippen molar-refractivity contribution in [3.8, 4) is 0 Å². The van der Waals surface area contributed by atoms with E-state index in [1.165, 1.54) is 35.4 Å². The molecule has 0 radical (unpaired) electrons. The van der Waals surface area contributed by atoms with Crippen molar-refractivity contribution in [1.82, 2.24) is 19.5 Å². The van der Waals surface area contributed by atoms with Crippen molar-refractivity contribution in [1.29, 1.82) is 0 Å². The Morgan fingerprint density at radius 2 is 2.12 bits per heavy atom. The number of fused-ring (bicyclic) bond motifs is 1. The van der Waals surface area contributed by atoms with Crippen LogP contribution in [-0.2, 0) is 30.1 Å². The number of nitrogens with two attached hydrogens (primary N) is 1. The monoisotopic (exact) mass is 531 g/mol. The number of rotatable bonds is 5.